The molecule has 0 radical (unpaired) electrons. The fraction of sp³-hybridized carbons (Fsp3) is 0.667. The molecule has 110 valence electrons. The quantitative estimate of drug-likeness (QED) is 0.808. The summed E-state index contributed by atoms with van der Waals surface area (Å²) < 4.78 is 0. The van der Waals surface area contributed by atoms with Gasteiger partial charge in [0.05, 0.1) is 0 Å². The molecule has 0 aliphatic heterocycles. The third kappa shape index (κ3) is 3.23. The summed E-state index contributed by atoms with van der Waals surface area (Å²) in [5, 5.41) is 5.29. The highest BCUT2D eigenvalue weighted by atomic mass is 32.2. The van der Waals surface area contributed by atoms with E-state index in [4.69, 9.17) is 0 Å². The summed E-state index contributed by atoms with van der Waals surface area (Å²) in [5.41, 5.74) is 3.12. The molecule has 2 aliphatic carbocycles. The van der Waals surface area contributed by atoms with E-state index in [-0.39, 0.29) is 0 Å². The van der Waals surface area contributed by atoms with Crippen molar-refractivity contribution in [1.29, 1.82) is 0 Å². The zero-order valence-electron chi connectivity index (χ0n) is 12.6. The molecule has 0 aromatic heterocycles. The van der Waals surface area contributed by atoms with E-state index in [2.05, 4.69) is 48.4 Å². The Labute approximate surface area is 127 Å². The summed E-state index contributed by atoms with van der Waals surface area (Å²) in [7, 11) is 2.14. The lowest BCUT2D eigenvalue weighted by atomic mass is 9.99. The molecule has 2 heteroatoms. The number of thioether (sulfide) groups is 1. The Balaban J connectivity index is 1.76. The predicted molar refractivity (Wildman–Crippen MR) is 89.4 cm³/mol. The lowest BCUT2D eigenvalue weighted by Gasteiger charge is -2.31. The molecule has 2 aliphatic rings. The lowest BCUT2D eigenvalue weighted by Crippen LogP contribution is -2.29. The second-order valence-electron chi connectivity index (χ2n) is 6.29. The van der Waals surface area contributed by atoms with Gasteiger partial charge in [-0.25, -0.2) is 0 Å². The van der Waals surface area contributed by atoms with Crippen molar-refractivity contribution in [2.45, 2.75) is 67.9 Å². The summed E-state index contributed by atoms with van der Waals surface area (Å²) in [6, 6.07) is 9.61. The number of aryl methyl sites for hydroxylation is 1. The summed E-state index contributed by atoms with van der Waals surface area (Å²) >= 11 is 2.29. The first-order chi connectivity index (χ1) is 9.88. The standard InChI is InChI=1S/C18H27NS/c1-19-18-16-12-6-5-8-14(16)9-7-13-17(18)20-15-10-3-2-4-11-15/h5-6,8,12,15,17-19H,2-4,7,9-11,13H2,1H3. The van der Waals surface area contributed by atoms with Crippen LogP contribution < -0.4 is 5.32 Å². The van der Waals surface area contributed by atoms with E-state index in [9.17, 15) is 0 Å². The maximum atomic E-state index is 3.62. The van der Waals surface area contributed by atoms with Gasteiger partial charge in [0, 0.05) is 16.5 Å². The van der Waals surface area contributed by atoms with Gasteiger partial charge in [-0.1, -0.05) is 43.5 Å². The highest BCUT2D eigenvalue weighted by molar-refractivity contribution is 8.00. The molecule has 3 rings (SSSR count). The molecule has 1 aromatic carbocycles. The van der Waals surface area contributed by atoms with Gasteiger partial charge < -0.3 is 5.32 Å². The van der Waals surface area contributed by atoms with Crippen LogP contribution in [0.1, 0.15) is 62.1 Å². The summed E-state index contributed by atoms with van der Waals surface area (Å²) in [5.74, 6) is 0. The van der Waals surface area contributed by atoms with E-state index >= 15 is 0 Å². The zero-order valence-corrected chi connectivity index (χ0v) is 13.4. The number of hydrogen-bond donors (Lipinski definition) is 1. The lowest BCUT2D eigenvalue weighted by molar-refractivity contribution is 0.504. The van der Waals surface area contributed by atoms with Crippen LogP contribution in [-0.4, -0.2) is 17.5 Å². The van der Waals surface area contributed by atoms with Crippen molar-refractivity contribution in [1.82, 2.24) is 5.32 Å². The van der Waals surface area contributed by atoms with Gasteiger partial charge in [-0.3, -0.25) is 0 Å². The molecule has 2 unspecified atom stereocenters. The number of fused-ring (bicyclic) bond motifs is 1. The number of hydrogen-bond acceptors (Lipinski definition) is 2. The van der Waals surface area contributed by atoms with Gasteiger partial charge in [0.1, 0.15) is 0 Å². The first kappa shape index (κ1) is 14.5. The van der Waals surface area contributed by atoms with Gasteiger partial charge in [-0.05, 0) is 50.3 Å². The second-order valence-corrected chi connectivity index (χ2v) is 7.84. The van der Waals surface area contributed by atoms with E-state index in [1.807, 2.05) is 0 Å². The van der Waals surface area contributed by atoms with Gasteiger partial charge in [-0.15, -0.1) is 0 Å². The molecule has 0 bridgehead atoms. The molecular formula is C18H27NS. The Morgan fingerprint density at radius 1 is 1.00 bits per heavy atom. The second kappa shape index (κ2) is 7.00. The van der Waals surface area contributed by atoms with Crippen molar-refractivity contribution in [3.05, 3.63) is 35.4 Å². The maximum absolute atomic E-state index is 3.62. The van der Waals surface area contributed by atoms with E-state index in [0.717, 1.165) is 10.5 Å². The van der Waals surface area contributed by atoms with Crippen LogP contribution in [0, 0.1) is 0 Å². The monoisotopic (exact) mass is 289 g/mol. The van der Waals surface area contributed by atoms with E-state index in [1.165, 1.54) is 51.4 Å². The first-order valence-electron chi connectivity index (χ1n) is 8.29. The van der Waals surface area contributed by atoms with Crippen LogP contribution in [0.5, 0.6) is 0 Å². The van der Waals surface area contributed by atoms with Crippen molar-refractivity contribution in [3.8, 4) is 0 Å². The molecule has 0 saturated heterocycles. The van der Waals surface area contributed by atoms with E-state index in [1.54, 1.807) is 11.1 Å². The molecule has 1 N–H and O–H groups in total. The minimum absolute atomic E-state index is 0.542. The fourth-order valence-electron chi connectivity index (χ4n) is 3.86. The van der Waals surface area contributed by atoms with Crippen molar-refractivity contribution in [2.75, 3.05) is 7.05 Å². The maximum Gasteiger partial charge on any atom is 0.0441 e. The van der Waals surface area contributed by atoms with Gasteiger partial charge in [0.2, 0.25) is 0 Å². The fourth-order valence-corrected chi connectivity index (χ4v) is 5.70. The molecular weight excluding hydrogens is 262 g/mol. The predicted octanol–water partition coefficient (Wildman–Crippen LogP) is 4.72. The number of rotatable bonds is 3. The van der Waals surface area contributed by atoms with Crippen LogP contribution in [-0.2, 0) is 6.42 Å². The number of benzene rings is 1. The van der Waals surface area contributed by atoms with Gasteiger partial charge in [0.25, 0.3) is 0 Å². The third-order valence-electron chi connectivity index (χ3n) is 4.93. The van der Waals surface area contributed by atoms with Crippen LogP contribution in [0.25, 0.3) is 0 Å². The molecule has 0 heterocycles. The van der Waals surface area contributed by atoms with Crippen LogP contribution in [0.3, 0.4) is 0 Å². The Kier molecular flexibility index (Phi) is 5.06. The van der Waals surface area contributed by atoms with E-state index in [0.29, 0.717) is 6.04 Å². The minimum Gasteiger partial charge on any atom is -0.312 e. The number of nitrogens with one attached hydrogen (secondary N) is 1. The Hall–Kier alpha value is -0.470. The normalized spacial score (nSPS) is 27.9. The molecule has 0 spiro atoms. The highest BCUT2D eigenvalue weighted by Gasteiger charge is 2.29. The molecule has 0 amide bonds. The molecule has 1 aromatic rings. The van der Waals surface area contributed by atoms with Crippen molar-refractivity contribution >= 4 is 11.8 Å². The Bertz CT molecular complexity index is 425. The van der Waals surface area contributed by atoms with Crippen LogP contribution in [0.4, 0.5) is 0 Å². The molecule has 2 atom stereocenters. The smallest absolute Gasteiger partial charge is 0.0441 e. The van der Waals surface area contributed by atoms with Gasteiger partial charge in [-0.2, -0.15) is 11.8 Å². The molecule has 1 nitrogen and oxygen atoms in total. The summed E-state index contributed by atoms with van der Waals surface area (Å²) in [6.45, 7) is 0. The highest BCUT2D eigenvalue weighted by Crippen LogP contribution is 2.40. The van der Waals surface area contributed by atoms with Crippen LogP contribution in [0.15, 0.2) is 24.3 Å². The largest absolute Gasteiger partial charge is 0.312 e. The van der Waals surface area contributed by atoms with Crippen molar-refractivity contribution < 1.29 is 0 Å². The van der Waals surface area contributed by atoms with Gasteiger partial charge >= 0.3 is 0 Å². The zero-order chi connectivity index (χ0) is 13.8. The van der Waals surface area contributed by atoms with Crippen molar-refractivity contribution in [2.24, 2.45) is 0 Å². The first-order valence-corrected chi connectivity index (χ1v) is 9.23. The Morgan fingerprint density at radius 2 is 1.80 bits per heavy atom. The summed E-state index contributed by atoms with van der Waals surface area (Å²) in [6.07, 6.45) is 11.2. The summed E-state index contributed by atoms with van der Waals surface area (Å²) in [4.78, 5) is 0. The van der Waals surface area contributed by atoms with Gasteiger partial charge in [0.15, 0.2) is 0 Å². The topological polar surface area (TPSA) is 12.0 Å². The average molecular weight is 289 g/mol. The molecule has 20 heavy (non-hydrogen) atoms. The van der Waals surface area contributed by atoms with Crippen LogP contribution in [0.2, 0.25) is 0 Å². The van der Waals surface area contributed by atoms with Crippen molar-refractivity contribution in [3.63, 3.8) is 0 Å². The minimum atomic E-state index is 0.542. The van der Waals surface area contributed by atoms with Crippen LogP contribution >= 0.6 is 11.8 Å². The molecule has 1 fully saturated rings. The Morgan fingerprint density at radius 3 is 2.60 bits per heavy atom. The average Bonchev–Trinajstić information content (AvgIpc) is 2.67. The van der Waals surface area contributed by atoms with E-state index < -0.39 is 0 Å². The third-order valence-corrected chi connectivity index (χ3v) is 6.64. The SMILES string of the molecule is CNC1c2ccccc2CCCC1SC1CCCCC1. The molecule has 1 saturated carbocycles.